The van der Waals surface area contributed by atoms with Crippen LogP contribution in [0.15, 0.2) is 64.2 Å². The van der Waals surface area contributed by atoms with Crippen LogP contribution < -0.4 is 10.3 Å². The molecular weight excluding hydrogens is 416 g/mol. The maximum Gasteiger partial charge on any atom is 0.272 e. The number of amides is 1. The van der Waals surface area contributed by atoms with Crippen molar-refractivity contribution in [2.24, 2.45) is 5.10 Å². The standard InChI is InChI=1S/C22H23BrN4O/c1-15-13-17(14-24-25-22(28)20-7-5-6-8-21(20)23)16(2)27(15)19-11-9-18(10-12-19)26(3)4/h5-14H,1-4H3,(H,25,28). The highest BCUT2D eigenvalue weighted by atomic mass is 79.9. The second-order valence-electron chi connectivity index (χ2n) is 6.75. The van der Waals surface area contributed by atoms with Crippen LogP contribution >= 0.6 is 15.9 Å². The van der Waals surface area contributed by atoms with Gasteiger partial charge in [-0.15, -0.1) is 0 Å². The number of halogens is 1. The highest BCUT2D eigenvalue weighted by molar-refractivity contribution is 9.10. The molecular formula is C22H23BrN4O. The molecule has 0 spiro atoms. The van der Waals surface area contributed by atoms with Gasteiger partial charge in [-0.05, 0) is 72.2 Å². The number of hydrazone groups is 1. The molecule has 144 valence electrons. The molecule has 0 aliphatic rings. The van der Waals surface area contributed by atoms with Crippen molar-refractivity contribution < 1.29 is 4.79 Å². The van der Waals surface area contributed by atoms with Gasteiger partial charge in [-0.25, -0.2) is 5.43 Å². The van der Waals surface area contributed by atoms with Gasteiger partial charge in [-0.2, -0.15) is 5.10 Å². The fourth-order valence-corrected chi connectivity index (χ4v) is 3.55. The van der Waals surface area contributed by atoms with Crippen LogP contribution in [0.1, 0.15) is 27.3 Å². The van der Waals surface area contributed by atoms with Gasteiger partial charge in [0.05, 0.1) is 11.8 Å². The zero-order valence-electron chi connectivity index (χ0n) is 16.4. The van der Waals surface area contributed by atoms with E-state index < -0.39 is 0 Å². The summed E-state index contributed by atoms with van der Waals surface area (Å²) in [5.74, 6) is -0.253. The van der Waals surface area contributed by atoms with Crippen molar-refractivity contribution in [3.63, 3.8) is 0 Å². The summed E-state index contributed by atoms with van der Waals surface area (Å²) in [5.41, 5.74) is 8.52. The van der Waals surface area contributed by atoms with Crippen LogP contribution in [0.2, 0.25) is 0 Å². The summed E-state index contributed by atoms with van der Waals surface area (Å²) in [5, 5.41) is 4.14. The molecule has 0 atom stereocenters. The maximum atomic E-state index is 12.3. The minimum absolute atomic E-state index is 0.253. The summed E-state index contributed by atoms with van der Waals surface area (Å²) < 4.78 is 2.91. The molecule has 0 aliphatic heterocycles. The number of aromatic nitrogens is 1. The predicted octanol–water partition coefficient (Wildman–Crippen LogP) is 4.69. The first-order valence-corrected chi connectivity index (χ1v) is 9.72. The van der Waals surface area contributed by atoms with Crippen molar-refractivity contribution in [1.29, 1.82) is 0 Å². The number of carbonyl (C=O) groups is 1. The van der Waals surface area contributed by atoms with E-state index in [1.165, 1.54) is 0 Å². The van der Waals surface area contributed by atoms with Gasteiger partial charge in [0.25, 0.3) is 5.91 Å². The summed E-state index contributed by atoms with van der Waals surface area (Å²) in [4.78, 5) is 14.3. The molecule has 0 saturated carbocycles. The molecule has 0 radical (unpaired) electrons. The predicted molar refractivity (Wildman–Crippen MR) is 119 cm³/mol. The molecule has 3 aromatic rings. The molecule has 6 heteroatoms. The lowest BCUT2D eigenvalue weighted by Gasteiger charge is -2.14. The van der Waals surface area contributed by atoms with Crippen molar-refractivity contribution in [3.05, 3.63) is 81.6 Å². The van der Waals surface area contributed by atoms with Gasteiger partial charge in [-0.3, -0.25) is 4.79 Å². The lowest BCUT2D eigenvalue weighted by molar-refractivity contribution is 0.0954. The van der Waals surface area contributed by atoms with Crippen LogP contribution in [0.5, 0.6) is 0 Å². The summed E-state index contributed by atoms with van der Waals surface area (Å²) in [6.07, 6.45) is 1.68. The molecule has 1 amide bonds. The molecule has 1 N–H and O–H groups in total. The number of anilines is 1. The van der Waals surface area contributed by atoms with E-state index in [9.17, 15) is 4.79 Å². The molecule has 5 nitrogen and oxygen atoms in total. The van der Waals surface area contributed by atoms with E-state index in [2.05, 4.69) is 73.2 Å². The van der Waals surface area contributed by atoms with Crippen molar-refractivity contribution >= 4 is 33.7 Å². The zero-order chi connectivity index (χ0) is 20.3. The van der Waals surface area contributed by atoms with E-state index in [0.29, 0.717) is 5.56 Å². The second kappa shape index (κ2) is 8.44. The topological polar surface area (TPSA) is 49.6 Å². The molecule has 0 aliphatic carbocycles. The summed E-state index contributed by atoms with van der Waals surface area (Å²) in [7, 11) is 4.05. The van der Waals surface area contributed by atoms with E-state index in [0.717, 1.165) is 32.8 Å². The first-order chi connectivity index (χ1) is 13.4. The minimum Gasteiger partial charge on any atom is -0.378 e. The van der Waals surface area contributed by atoms with Gasteiger partial charge in [0.2, 0.25) is 0 Å². The smallest absolute Gasteiger partial charge is 0.272 e. The average Bonchev–Trinajstić information content (AvgIpc) is 2.95. The van der Waals surface area contributed by atoms with Crippen LogP contribution in [-0.2, 0) is 0 Å². The largest absolute Gasteiger partial charge is 0.378 e. The molecule has 1 heterocycles. The first kappa shape index (κ1) is 19.9. The number of carbonyl (C=O) groups excluding carboxylic acids is 1. The van der Waals surface area contributed by atoms with E-state index >= 15 is 0 Å². The van der Waals surface area contributed by atoms with E-state index in [-0.39, 0.29) is 5.91 Å². The number of hydrogen-bond acceptors (Lipinski definition) is 3. The normalized spacial score (nSPS) is 11.0. The van der Waals surface area contributed by atoms with Gasteiger partial charge in [0, 0.05) is 46.9 Å². The highest BCUT2D eigenvalue weighted by Gasteiger charge is 2.11. The van der Waals surface area contributed by atoms with Crippen molar-refractivity contribution in [2.75, 3.05) is 19.0 Å². The van der Waals surface area contributed by atoms with Crippen LogP contribution in [0.25, 0.3) is 5.69 Å². The van der Waals surface area contributed by atoms with Crippen molar-refractivity contribution in [2.45, 2.75) is 13.8 Å². The zero-order valence-corrected chi connectivity index (χ0v) is 18.0. The summed E-state index contributed by atoms with van der Waals surface area (Å²) in [6.45, 7) is 4.10. The molecule has 0 saturated heterocycles. The highest BCUT2D eigenvalue weighted by Crippen LogP contribution is 2.22. The Morgan fingerprint density at radius 1 is 1.11 bits per heavy atom. The molecule has 0 unspecified atom stereocenters. The molecule has 0 bridgehead atoms. The van der Waals surface area contributed by atoms with Crippen LogP contribution in [-0.4, -0.2) is 30.8 Å². The Labute approximate surface area is 173 Å². The minimum atomic E-state index is -0.253. The number of hydrogen-bond donors (Lipinski definition) is 1. The molecule has 2 aromatic carbocycles. The third kappa shape index (κ3) is 4.17. The lowest BCUT2D eigenvalue weighted by Crippen LogP contribution is -2.18. The fourth-order valence-electron chi connectivity index (χ4n) is 3.08. The van der Waals surface area contributed by atoms with Gasteiger partial charge in [-0.1, -0.05) is 12.1 Å². The summed E-state index contributed by atoms with van der Waals surface area (Å²) >= 11 is 3.38. The first-order valence-electron chi connectivity index (χ1n) is 8.93. The van der Waals surface area contributed by atoms with E-state index in [4.69, 9.17) is 0 Å². The maximum absolute atomic E-state index is 12.3. The number of nitrogens with one attached hydrogen (secondary N) is 1. The Balaban J connectivity index is 1.79. The van der Waals surface area contributed by atoms with E-state index in [1.54, 1.807) is 12.3 Å². The van der Waals surface area contributed by atoms with Gasteiger partial charge in [0.1, 0.15) is 0 Å². The number of aryl methyl sites for hydroxylation is 1. The molecule has 0 fully saturated rings. The van der Waals surface area contributed by atoms with Gasteiger partial charge >= 0.3 is 0 Å². The van der Waals surface area contributed by atoms with Gasteiger partial charge < -0.3 is 9.47 Å². The van der Waals surface area contributed by atoms with Crippen molar-refractivity contribution in [3.8, 4) is 5.69 Å². The number of rotatable bonds is 5. The SMILES string of the molecule is Cc1cc(C=NNC(=O)c2ccccc2Br)c(C)n1-c1ccc(N(C)C)cc1. The van der Waals surface area contributed by atoms with Crippen LogP contribution in [0.4, 0.5) is 5.69 Å². The fraction of sp³-hybridized carbons (Fsp3) is 0.182. The van der Waals surface area contributed by atoms with Gasteiger partial charge in [0.15, 0.2) is 0 Å². The third-order valence-electron chi connectivity index (χ3n) is 4.58. The second-order valence-corrected chi connectivity index (χ2v) is 7.61. The number of benzene rings is 2. The Bertz CT molecular complexity index is 1020. The lowest BCUT2D eigenvalue weighted by atomic mass is 10.2. The summed E-state index contributed by atoms with van der Waals surface area (Å²) in [6, 6.07) is 17.7. The van der Waals surface area contributed by atoms with E-state index in [1.807, 2.05) is 39.2 Å². The quantitative estimate of drug-likeness (QED) is 0.464. The molecule has 28 heavy (non-hydrogen) atoms. The molecule has 3 rings (SSSR count). The van der Waals surface area contributed by atoms with Crippen molar-refractivity contribution in [1.82, 2.24) is 9.99 Å². The van der Waals surface area contributed by atoms with Crippen LogP contribution in [0.3, 0.4) is 0 Å². The Kier molecular flexibility index (Phi) is 5.99. The molecule has 1 aromatic heterocycles. The monoisotopic (exact) mass is 438 g/mol. The Morgan fingerprint density at radius 3 is 2.43 bits per heavy atom. The Hall–Kier alpha value is -2.86. The average molecular weight is 439 g/mol. The third-order valence-corrected chi connectivity index (χ3v) is 5.27. The van der Waals surface area contributed by atoms with Crippen LogP contribution in [0, 0.1) is 13.8 Å². The Morgan fingerprint density at radius 2 is 1.79 bits per heavy atom. The number of nitrogens with zero attached hydrogens (tertiary/aromatic N) is 3.